The molecule has 0 saturated carbocycles. The Bertz CT molecular complexity index is 784. The van der Waals surface area contributed by atoms with Gasteiger partial charge in [-0.05, 0) is 30.7 Å². The molecule has 2 aliphatic rings. The summed E-state index contributed by atoms with van der Waals surface area (Å²) >= 11 is 0. The first-order chi connectivity index (χ1) is 10.7. The van der Waals surface area contributed by atoms with Crippen molar-refractivity contribution in [2.45, 2.75) is 18.9 Å². The first-order valence-electron chi connectivity index (χ1n) is 7.52. The number of nitrogens with zero attached hydrogens (tertiary/aromatic N) is 1. The molecule has 1 amide bonds. The van der Waals surface area contributed by atoms with Gasteiger partial charge < -0.3 is 10.2 Å². The van der Waals surface area contributed by atoms with Gasteiger partial charge in [-0.3, -0.25) is 9.59 Å². The normalized spacial score (nSPS) is 22.5. The van der Waals surface area contributed by atoms with Crippen LogP contribution in [0.4, 0.5) is 11.4 Å². The zero-order valence-corrected chi connectivity index (χ0v) is 12.2. The quantitative estimate of drug-likeness (QED) is 0.926. The van der Waals surface area contributed by atoms with Crippen molar-refractivity contribution in [2.24, 2.45) is 0 Å². The monoisotopic (exact) mass is 292 g/mol. The van der Waals surface area contributed by atoms with Gasteiger partial charge in [0.15, 0.2) is 5.78 Å². The van der Waals surface area contributed by atoms with Crippen LogP contribution in [0.15, 0.2) is 48.5 Å². The molecule has 4 nitrogen and oxygen atoms in total. The van der Waals surface area contributed by atoms with Crippen LogP contribution in [0.3, 0.4) is 0 Å². The lowest BCUT2D eigenvalue weighted by atomic mass is 9.90. The third kappa shape index (κ3) is 1.64. The van der Waals surface area contributed by atoms with Gasteiger partial charge in [-0.2, -0.15) is 0 Å². The highest BCUT2D eigenvalue weighted by atomic mass is 16.2. The van der Waals surface area contributed by atoms with Gasteiger partial charge in [0.05, 0.1) is 5.92 Å². The SMILES string of the molecule is CCN1C(=O)C(C2Nc3ccccc3C2=O)c2ccccc21. The molecular formula is C18H16N2O2. The zero-order chi connectivity index (χ0) is 15.3. The number of carbonyl (C=O) groups is 2. The van der Waals surface area contributed by atoms with Gasteiger partial charge in [0.25, 0.3) is 0 Å². The maximum Gasteiger partial charge on any atom is 0.237 e. The van der Waals surface area contributed by atoms with Crippen LogP contribution in [0.2, 0.25) is 0 Å². The molecule has 4 rings (SSSR count). The number of fused-ring (bicyclic) bond motifs is 2. The van der Waals surface area contributed by atoms with Crippen LogP contribution in [0.25, 0.3) is 0 Å². The molecule has 22 heavy (non-hydrogen) atoms. The number of Topliss-reactive ketones (excluding diaryl/α,β-unsaturated/α-hetero) is 1. The molecule has 0 bridgehead atoms. The summed E-state index contributed by atoms with van der Waals surface area (Å²) in [6, 6.07) is 14.7. The summed E-state index contributed by atoms with van der Waals surface area (Å²) < 4.78 is 0. The second kappa shape index (κ2) is 4.70. The first-order valence-corrected chi connectivity index (χ1v) is 7.52. The van der Waals surface area contributed by atoms with Crippen molar-refractivity contribution in [3.8, 4) is 0 Å². The van der Waals surface area contributed by atoms with E-state index in [1.165, 1.54) is 0 Å². The first kappa shape index (κ1) is 13.1. The highest BCUT2D eigenvalue weighted by Gasteiger charge is 2.46. The van der Waals surface area contributed by atoms with Crippen molar-refractivity contribution in [2.75, 3.05) is 16.8 Å². The molecule has 2 atom stereocenters. The average molecular weight is 292 g/mol. The van der Waals surface area contributed by atoms with Crippen molar-refractivity contribution in [3.05, 3.63) is 59.7 Å². The Morgan fingerprint density at radius 2 is 1.77 bits per heavy atom. The summed E-state index contributed by atoms with van der Waals surface area (Å²) in [5.74, 6) is -0.444. The molecule has 110 valence electrons. The van der Waals surface area contributed by atoms with Gasteiger partial charge in [0, 0.05) is 23.5 Å². The molecule has 2 aromatic carbocycles. The van der Waals surface area contributed by atoms with E-state index < -0.39 is 12.0 Å². The standard InChI is InChI=1S/C18H16N2O2/c1-2-20-14-10-6-4-8-12(14)15(18(20)22)16-17(21)11-7-3-5-9-13(11)19-16/h3-10,15-16,19H,2H2,1H3. The van der Waals surface area contributed by atoms with E-state index in [0.717, 1.165) is 16.9 Å². The maximum absolute atomic E-state index is 12.8. The predicted octanol–water partition coefficient (Wildman–Crippen LogP) is 2.81. The number of hydrogen-bond acceptors (Lipinski definition) is 3. The molecule has 2 heterocycles. The fourth-order valence-electron chi connectivity index (χ4n) is 3.52. The van der Waals surface area contributed by atoms with Crippen molar-refractivity contribution in [1.29, 1.82) is 0 Å². The van der Waals surface area contributed by atoms with Crippen molar-refractivity contribution < 1.29 is 9.59 Å². The zero-order valence-electron chi connectivity index (χ0n) is 12.2. The number of likely N-dealkylation sites (N-methyl/N-ethyl adjacent to an activating group) is 1. The Morgan fingerprint density at radius 3 is 2.55 bits per heavy atom. The molecule has 2 unspecified atom stereocenters. The van der Waals surface area contributed by atoms with Crippen LogP contribution in [0.5, 0.6) is 0 Å². The van der Waals surface area contributed by atoms with Crippen molar-refractivity contribution in [1.82, 2.24) is 0 Å². The number of hydrogen-bond donors (Lipinski definition) is 1. The van der Waals surface area contributed by atoms with Crippen LogP contribution < -0.4 is 10.2 Å². The van der Waals surface area contributed by atoms with Crippen molar-refractivity contribution >= 4 is 23.1 Å². The number of benzene rings is 2. The number of anilines is 2. The number of nitrogens with one attached hydrogen (secondary N) is 1. The molecule has 2 aromatic rings. The van der Waals surface area contributed by atoms with Gasteiger partial charge in [-0.15, -0.1) is 0 Å². The number of amides is 1. The van der Waals surface area contributed by atoms with E-state index in [2.05, 4.69) is 5.32 Å². The van der Waals surface area contributed by atoms with Gasteiger partial charge in [-0.25, -0.2) is 0 Å². The smallest absolute Gasteiger partial charge is 0.237 e. The summed E-state index contributed by atoms with van der Waals surface area (Å²) in [4.78, 5) is 27.3. The highest BCUT2D eigenvalue weighted by Crippen LogP contribution is 2.42. The number of ketones is 1. The van der Waals surface area contributed by atoms with E-state index >= 15 is 0 Å². The van der Waals surface area contributed by atoms with Gasteiger partial charge in [-0.1, -0.05) is 30.3 Å². The van der Waals surface area contributed by atoms with Crippen LogP contribution in [-0.4, -0.2) is 24.3 Å². The molecule has 0 aliphatic carbocycles. The Hall–Kier alpha value is -2.62. The van der Waals surface area contributed by atoms with E-state index in [1.54, 1.807) is 4.90 Å². The fraction of sp³-hybridized carbons (Fsp3) is 0.222. The number of carbonyl (C=O) groups excluding carboxylic acids is 2. The van der Waals surface area contributed by atoms with Crippen molar-refractivity contribution in [3.63, 3.8) is 0 Å². The Balaban J connectivity index is 1.79. The highest BCUT2D eigenvalue weighted by molar-refractivity contribution is 6.16. The minimum Gasteiger partial charge on any atom is -0.373 e. The van der Waals surface area contributed by atoms with E-state index in [0.29, 0.717) is 12.1 Å². The van der Waals surface area contributed by atoms with Gasteiger partial charge >= 0.3 is 0 Å². The van der Waals surface area contributed by atoms with Gasteiger partial charge in [0.2, 0.25) is 5.91 Å². The summed E-state index contributed by atoms with van der Waals surface area (Å²) in [7, 11) is 0. The Morgan fingerprint density at radius 1 is 1.05 bits per heavy atom. The summed E-state index contributed by atoms with van der Waals surface area (Å²) in [6.45, 7) is 2.57. The molecule has 2 aliphatic heterocycles. The Kier molecular flexibility index (Phi) is 2.79. The van der Waals surface area contributed by atoms with Gasteiger partial charge in [0.1, 0.15) is 6.04 Å². The second-order valence-corrected chi connectivity index (χ2v) is 5.65. The molecule has 0 fully saturated rings. The van der Waals surface area contributed by atoms with Crippen LogP contribution >= 0.6 is 0 Å². The van der Waals surface area contributed by atoms with E-state index in [1.807, 2.05) is 55.5 Å². The molecule has 0 aromatic heterocycles. The topological polar surface area (TPSA) is 49.4 Å². The number of para-hydroxylation sites is 2. The molecule has 4 heteroatoms. The van der Waals surface area contributed by atoms with E-state index in [9.17, 15) is 9.59 Å². The minimum absolute atomic E-state index is 0.00158. The van der Waals surface area contributed by atoms with Crippen LogP contribution in [0, 0.1) is 0 Å². The maximum atomic E-state index is 12.8. The molecule has 0 saturated heterocycles. The number of rotatable bonds is 2. The van der Waals surface area contributed by atoms with Crippen LogP contribution in [0.1, 0.15) is 28.8 Å². The van der Waals surface area contributed by atoms with Crippen LogP contribution in [-0.2, 0) is 4.79 Å². The fourth-order valence-corrected chi connectivity index (χ4v) is 3.52. The molecule has 0 spiro atoms. The lowest BCUT2D eigenvalue weighted by molar-refractivity contribution is -0.119. The third-order valence-corrected chi connectivity index (χ3v) is 4.53. The third-order valence-electron chi connectivity index (χ3n) is 4.53. The molecule has 0 radical (unpaired) electrons. The molecular weight excluding hydrogens is 276 g/mol. The summed E-state index contributed by atoms with van der Waals surface area (Å²) in [5.41, 5.74) is 3.35. The Labute approximate surface area is 128 Å². The van der Waals surface area contributed by atoms with E-state index in [-0.39, 0.29) is 11.7 Å². The minimum atomic E-state index is -0.511. The lowest BCUT2D eigenvalue weighted by Crippen LogP contribution is -2.38. The summed E-state index contributed by atoms with van der Waals surface area (Å²) in [6.07, 6.45) is 0. The van der Waals surface area contributed by atoms with E-state index in [4.69, 9.17) is 0 Å². The predicted molar refractivity (Wildman–Crippen MR) is 85.4 cm³/mol. The second-order valence-electron chi connectivity index (χ2n) is 5.65. The summed E-state index contributed by atoms with van der Waals surface area (Å²) in [5, 5.41) is 3.25. The average Bonchev–Trinajstić information content (AvgIpc) is 3.01. The lowest BCUT2D eigenvalue weighted by Gasteiger charge is -2.19. The molecule has 1 N–H and O–H groups in total. The largest absolute Gasteiger partial charge is 0.373 e.